The highest BCUT2D eigenvalue weighted by atomic mass is 35.5. The van der Waals surface area contributed by atoms with Gasteiger partial charge in [-0.2, -0.15) is 0 Å². The zero-order chi connectivity index (χ0) is 13.0. The molecule has 1 aromatic carbocycles. The molecule has 0 unspecified atom stereocenters. The van der Waals surface area contributed by atoms with Gasteiger partial charge in [-0.15, -0.1) is 12.4 Å². The van der Waals surface area contributed by atoms with Gasteiger partial charge in [0, 0.05) is 31.4 Å². The monoisotopic (exact) mass is 270 g/mol. The second-order valence-electron chi connectivity index (χ2n) is 4.26. The van der Waals surface area contributed by atoms with Gasteiger partial charge in [0.25, 0.3) is 0 Å². The van der Waals surface area contributed by atoms with Crippen molar-refractivity contribution in [1.82, 2.24) is 0 Å². The van der Waals surface area contributed by atoms with Crippen LogP contribution in [0.3, 0.4) is 0 Å². The van der Waals surface area contributed by atoms with Crippen LogP contribution >= 0.6 is 12.4 Å². The first-order chi connectivity index (χ1) is 8.01. The van der Waals surface area contributed by atoms with E-state index in [2.05, 4.69) is 43.1 Å². The van der Waals surface area contributed by atoms with Gasteiger partial charge < -0.3 is 10.2 Å². The SMILES string of the molecule is CCN(CC)c1ccc(C)c(NC(C)=O)c1C.Cl. The number of rotatable bonds is 4. The van der Waals surface area contributed by atoms with E-state index in [-0.39, 0.29) is 18.3 Å². The van der Waals surface area contributed by atoms with Crippen LogP contribution in [0.15, 0.2) is 12.1 Å². The molecule has 4 heteroatoms. The average molecular weight is 271 g/mol. The molecule has 0 fully saturated rings. The number of halogens is 1. The summed E-state index contributed by atoms with van der Waals surface area (Å²) < 4.78 is 0. The lowest BCUT2D eigenvalue weighted by Crippen LogP contribution is -2.23. The predicted octanol–water partition coefficient (Wildman–Crippen LogP) is 3.53. The first-order valence-corrected chi connectivity index (χ1v) is 6.14. The van der Waals surface area contributed by atoms with Crippen molar-refractivity contribution in [2.75, 3.05) is 23.3 Å². The van der Waals surface area contributed by atoms with E-state index in [0.29, 0.717) is 0 Å². The fourth-order valence-electron chi connectivity index (χ4n) is 2.11. The minimum Gasteiger partial charge on any atom is -0.372 e. The first kappa shape index (κ1) is 16.8. The van der Waals surface area contributed by atoms with Crippen molar-refractivity contribution in [3.05, 3.63) is 23.3 Å². The molecule has 0 spiro atoms. The van der Waals surface area contributed by atoms with Gasteiger partial charge >= 0.3 is 0 Å². The maximum Gasteiger partial charge on any atom is 0.221 e. The Balaban J connectivity index is 0.00000289. The summed E-state index contributed by atoms with van der Waals surface area (Å²) in [6, 6.07) is 4.19. The summed E-state index contributed by atoms with van der Waals surface area (Å²) >= 11 is 0. The molecule has 0 aromatic heterocycles. The van der Waals surface area contributed by atoms with Gasteiger partial charge in [-0.1, -0.05) is 6.07 Å². The van der Waals surface area contributed by atoms with E-state index in [4.69, 9.17) is 0 Å². The number of amides is 1. The largest absolute Gasteiger partial charge is 0.372 e. The van der Waals surface area contributed by atoms with Gasteiger partial charge in [0.1, 0.15) is 0 Å². The van der Waals surface area contributed by atoms with Crippen LogP contribution in [-0.2, 0) is 4.79 Å². The van der Waals surface area contributed by atoms with Gasteiger partial charge in [-0.05, 0) is 44.9 Å². The Kier molecular flexibility index (Phi) is 6.77. The van der Waals surface area contributed by atoms with Gasteiger partial charge in [-0.3, -0.25) is 4.79 Å². The summed E-state index contributed by atoms with van der Waals surface area (Å²) in [7, 11) is 0. The molecule has 0 saturated carbocycles. The molecule has 0 aliphatic heterocycles. The Bertz CT molecular complexity index is 415. The maximum absolute atomic E-state index is 11.2. The summed E-state index contributed by atoms with van der Waals surface area (Å²) in [4.78, 5) is 13.5. The van der Waals surface area contributed by atoms with Crippen LogP contribution in [0.25, 0.3) is 0 Å². The van der Waals surface area contributed by atoms with Crippen LogP contribution in [-0.4, -0.2) is 19.0 Å². The molecule has 0 atom stereocenters. The molecule has 18 heavy (non-hydrogen) atoms. The molecule has 1 rings (SSSR count). The Hall–Kier alpha value is -1.22. The summed E-state index contributed by atoms with van der Waals surface area (Å²) in [5.74, 6) is -0.0205. The van der Waals surface area contributed by atoms with Crippen molar-refractivity contribution in [2.45, 2.75) is 34.6 Å². The van der Waals surface area contributed by atoms with E-state index >= 15 is 0 Å². The third-order valence-corrected chi connectivity index (χ3v) is 3.05. The number of nitrogens with one attached hydrogen (secondary N) is 1. The lowest BCUT2D eigenvalue weighted by molar-refractivity contribution is -0.114. The lowest BCUT2D eigenvalue weighted by Gasteiger charge is -2.25. The van der Waals surface area contributed by atoms with Crippen LogP contribution in [0, 0.1) is 13.8 Å². The molecule has 1 N–H and O–H groups in total. The first-order valence-electron chi connectivity index (χ1n) is 6.14. The lowest BCUT2D eigenvalue weighted by atomic mass is 10.1. The summed E-state index contributed by atoms with van der Waals surface area (Å²) in [6.45, 7) is 11.8. The predicted molar refractivity (Wildman–Crippen MR) is 81.0 cm³/mol. The summed E-state index contributed by atoms with van der Waals surface area (Å²) in [5, 5.41) is 2.92. The molecule has 0 bridgehead atoms. The minimum absolute atomic E-state index is 0. The fraction of sp³-hybridized carbons (Fsp3) is 0.500. The third kappa shape index (κ3) is 3.64. The van der Waals surface area contributed by atoms with Gasteiger partial charge in [0.2, 0.25) is 5.91 Å². The standard InChI is InChI=1S/C14H22N2O.ClH/c1-6-16(7-2)13-9-8-10(3)14(11(13)4)15-12(5)17;/h8-9H,6-7H2,1-5H3,(H,15,17);1H. The topological polar surface area (TPSA) is 32.3 Å². The van der Waals surface area contributed by atoms with Gasteiger partial charge in [0.05, 0.1) is 0 Å². The van der Waals surface area contributed by atoms with Crippen molar-refractivity contribution in [2.24, 2.45) is 0 Å². The molecule has 1 amide bonds. The molecule has 0 aliphatic rings. The highest BCUT2D eigenvalue weighted by molar-refractivity contribution is 5.91. The van der Waals surface area contributed by atoms with Crippen LogP contribution in [0.2, 0.25) is 0 Å². The quantitative estimate of drug-likeness (QED) is 0.908. The van der Waals surface area contributed by atoms with Crippen molar-refractivity contribution < 1.29 is 4.79 Å². The van der Waals surface area contributed by atoms with E-state index in [9.17, 15) is 4.79 Å². The van der Waals surface area contributed by atoms with E-state index < -0.39 is 0 Å². The van der Waals surface area contributed by atoms with Gasteiger partial charge in [0.15, 0.2) is 0 Å². The van der Waals surface area contributed by atoms with Crippen LogP contribution in [0.5, 0.6) is 0 Å². The molecule has 0 heterocycles. The number of carbonyl (C=O) groups excluding carboxylic acids is 1. The molecule has 102 valence electrons. The van der Waals surface area contributed by atoms with Crippen LogP contribution in [0.1, 0.15) is 31.9 Å². The number of anilines is 2. The second kappa shape index (κ2) is 7.27. The Labute approximate surface area is 116 Å². The molecular formula is C14H23ClN2O. The average Bonchev–Trinajstić information content (AvgIpc) is 2.28. The number of nitrogens with zero attached hydrogens (tertiary/aromatic N) is 1. The molecule has 0 aliphatic carbocycles. The van der Waals surface area contributed by atoms with E-state index in [0.717, 1.165) is 29.9 Å². The van der Waals surface area contributed by atoms with Crippen molar-refractivity contribution in [1.29, 1.82) is 0 Å². The van der Waals surface area contributed by atoms with Crippen LogP contribution in [0.4, 0.5) is 11.4 Å². The van der Waals surface area contributed by atoms with Crippen molar-refractivity contribution >= 4 is 29.7 Å². The number of hydrogen-bond donors (Lipinski definition) is 1. The van der Waals surface area contributed by atoms with Gasteiger partial charge in [-0.25, -0.2) is 0 Å². The maximum atomic E-state index is 11.2. The Morgan fingerprint density at radius 3 is 2.22 bits per heavy atom. The molecule has 3 nitrogen and oxygen atoms in total. The Morgan fingerprint density at radius 2 is 1.78 bits per heavy atom. The summed E-state index contributed by atoms with van der Waals surface area (Å²) in [6.07, 6.45) is 0. The molecule has 1 aromatic rings. The van der Waals surface area contributed by atoms with E-state index in [1.54, 1.807) is 6.92 Å². The molecule has 0 radical (unpaired) electrons. The Morgan fingerprint density at radius 1 is 1.22 bits per heavy atom. The number of carbonyl (C=O) groups is 1. The van der Waals surface area contributed by atoms with E-state index in [1.807, 2.05) is 6.92 Å². The highest BCUT2D eigenvalue weighted by Gasteiger charge is 2.11. The highest BCUT2D eigenvalue weighted by Crippen LogP contribution is 2.29. The number of benzene rings is 1. The second-order valence-corrected chi connectivity index (χ2v) is 4.26. The minimum atomic E-state index is -0.0205. The molecule has 0 saturated heterocycles. The fourth-order valence-corrected chi connectivity index (χ4v) is 2.11. The van der Waals surface area contributed by atoms with Crippen molar-refractivity contribution in [3.63, 3.8) is 0 Å². The van der Waals surface area contributed by atoms with Crippen molar-refractivity contribution in [3.8, 4) is 0 Å². The zero-order valence-electron chi connectivity index (χ0n) is 11.8. The normalized spacial score (nSPS) is 9.61. The van der Waals surface area contributed by atoms with Crippen LogP contribution < -0.4 is 10.2 Å². The molecular weight excluding hydrogens is 248 g/mol. The van der Waals surface area contributed by atoms with E-state index in [1.165, 1.54) is 5.69 Å². The smallest absolute Gasteiger partial charge is 0.221 e. The summed E-state index contributed by atoms with van der Waals surface area (Å²) in [5.41, 5.74) is 4.39. The number of aryl methyl sites for hydroxylation is 1. The number of hydrogen-bond acceptors (Lipinski definition) is 2. The zero-order valence-corrected chi connectivity index (χ0v) is 12.6. The third-order valence-electron chi connectivity index (χ3n) is 3.05.